The predicted octanol–water partition coefficient (Wildman–Crippen LogP) is 1.27. The molecule has 1 aromatic rings. The molecule has 0 saturated heterocycles. The summed E-state index contributed by atoms with van der Waals surface area (Å²) in [4.78, 5) is 2.39. The summed E-state index contributed by atoms with van der Waals surface area (Å²) in [6, 6.07) is 8.60. The zero-order valence-electron chi connectivity index (χ0n) is 9.28. The van der Waals surface area contributed by atoms with Gasteiger partial charge < -0.3 is 16.0 Å². The van der Waals surface area contributed by atoms with Gasteiger partial charge in [-0.1, -0.05) is 18.2 Å². The lowest BCUT2D eigenvalue weighted by Gasteiger charge is -2.31. The first-order valence-corrected chi connectivity index (χ1v) is 6.04. The third kappa shape index (κ3) is 2.64. The fraction of sp³-hybridized carbons (Fsp3) is 0.417. The van der Waals surface area contributed by atoms with Crippen LogP contribution in [-0.2, 0) is 6.42 Å². The van der Waals surface area contributed by atoms with Crippen molar-refractivity contribution in [2.24, 2.45) is 5.73 Å². The summed E-state index contributed by atoms with van der Waals surface area (Å²) in [6.45, 7) is 2.88. The molecule has 0 aliphatic carbocycles. The molecular formula is C12H17N3S. The maximum Gasteiger partial charge on any atom is 0.163 e. The van der Waals surface area contributed by atoms with E-state index in [1.807, 2.05) is 0 Å². The molecule has 0 fully saturated rings. The van der Waals surface area contributed by atoms with Gasteiger partial charge >= 0.3 is 0 Å². The van der Waals surface area contributed by atoms with Crippen molar-refractivity contribution in [2.45, 2.75) is 12.8 Å². The number of anilines is 1. The fourth-order valence-electron chi connectivity index (χ4n) is 2.16. The van der Waals surface area contributed by atoms with Crippen molar-refractivity contribution < 1.29 is 0 Å². The van der Waals surface area contributed by atoms with Gasteiger partial charge in [0.25, 0.3) is 0 Å². The van der Waals surface area contributed by atoms with Gasteiger partial charge in [-0.25, -0.2) is 0 Å². The normalized spacial score (nSPS) is 14.4. The van der Waals surface area contributed by atoms with Crippen LogP contribution in [-0.4, -0.2) is 24.7 Å². The molecule has 0 unspecified atom stereocenters. The highest BCUT2D eigenvalue weighted by Crippen LogP contribution is 2.25. The first-order chi connectivity index (χ1) is 7.77. The summed E-state index contributed by atoms with van der Waals surface area (Å²) in [7, 11) is 0. The first-order valence-electron chi connectivity index (χ1n) is 5.63. The van der Waals surface area contributed by atoms with Crippen LogP contribution in [0.2, 0.25) is 0 Å². The Morgan fingerprint density at radius 1 is 1.44 bits per heavy atom. The second kappa shape index (κ2) is 5.16. The second-order valence-electron chi connectivity index (χ2n) is 4.01. The lowest BCUT2D eigenvalue weighted by Crippen LogP contribution is -2.39. The van der Waals surface area contributed by atoms with Gasteiger partial charge in [-0.15, -0.1) is 0 Å². The molecule has 0 radical (unpaired) electrons. The van der Waals surface area contributed by atoms with E-state index in [2.05, 4.69) is 34.5 Å². The molecule has 1 aliphatic rings. The van der Waals surface area contributed by atoms with Crippen molar-refractivity contribution in [3.63, 3.8) is 0 Å². The molecule has 3 N–H and O–H groups in total. The molecule has 0 spiro atoms. The maximum atomic E-state index is 5.40. The second-order valence-corrected chi connectivity index (χ2v) is 4.45. The standard InChI is InChI=1S/C12H17N3S/c13-12(16)14-7-9-15-8-3-5-10-4-1-2-6-11(10)15/h1-2,4,6H,3,5,7-9H2,(H3,13,14,16). The Labute approximate surface area is 102 Å². The Morgan fingerprint density at radius 2 is 2.25 bits per heavy atom. The summed E-state index contributed by atoms with van der Waals surface area (Å²) in [6.07, 6.45) is 2.42. The minimum atomic E-state index is 0.380. The summed E-state index contributed by atoms with van der Waals surface area (Å²) < 4.78 is 0. The SMILES string of the molecule is NC(=S)NCCN1CCCc2ccccc21. The van der Waals surface area contributed by atoms with E-state index in [1.54, 1.807) is 0 Å². The molecule has 86 valence electrons. The van der Waals surface area contributed by atoms with Gasteiger partial charge in [-0.05, 0) is 36.7 Å². The molecule has 16 heavy (non-hydrogen) atoms. The molecule has 0 amide bonds. The molecule has 0 atom stereocenters. The molecule has 1 heterocycles. The molecule has 1 aliphatic heterocycles. The summed E-state index contributed by atoms with van der Waals surface area (Å²) >= 11 is 4.79. The highest BCUT2D eigenvalue weighted by atomic mass is 32.1. The van der Waals surface area contributed by atoms with Crippen LogP contribution in [0.3, 0.4) is 0 Å². The van der Waals surface area contributed by atoms with E-state index in [-0.39, 0.29) is 0 Å². The van der Waals surface area contributed by atoms with E-state index >= 15 is 0 Å². The van der Waals surface area contributed by atoms with Gasteiger partial charge in [0.05, 0.1) is 0 Å². The van der Waals surface area contributed by atoms with Crippen LogP contribution in [0.5, 0.6) is 0 Å². The molecule has 1 aromatic carbocycles. The van der Waals surface area contributed by atoms with Gasteiger partial charge in [-0.3, -0.25) is 0 Å². The zero-order chi connectivity index (χ0) is 11.4. The van der Waals surface area contributed by atoms with Gasteiger partial charge in [0.1, 0.15) is 0 Å². The third-order valence-corrected chi connectivity index (χ3v) is 3.03. The van der Waals surface area contributed by atoms with Crippen LogP contribution in [0.25, 0.3) is 0 Å². The highest BCUT2D eigenvalue weighted by Gasteiger charge is 2.15. The summed E-state index contributed by atoms with van der Waals surface area (Å²) in [5.74, 6) is 0. The van der Waals surface area contributed by atoms with Gasteiger partial charge in [0, 0.05) is 25.3 Å². The number of thiocarbonyl (C=S) groups is 1. The topological polar surface area (TPSA) is 41.3 Å². The molecule has 4 heteroatoms. The highest BCUT2D eigenvalue weighted by molar-refractivity contribution is 7.80. The number of aryl methyl sites for hydroxylation is 1. The summed E-state index contributed by atoms with van der Waals surface area (Å²) in [5, 5.41) is 3.37. The van der Waals surface area contributed by atoms with Crippen LogP contribution in [0.4, 0.5) is 5.69 Å². The number of fused-ring (bicyclic) bond motifs is 1. The van der Waals surface area contributed by atoms with Gasteiger partial charge in [0.15, 0.2) is 5.11 Å². The molecule has 3 nitrogen and oxygen atoms in total. The van der Waals surface area contributed by atoms with Crippen LogP contribution >= 0.6 is 12.2 Å². The average molecular weight is 235 g/mol. The molecule has 2 rings (SSSR count). The average Bonchev–Trinajstić information content (AvgIpc) is 2.29. The number of nitrogens with one attached hydrogen (secondary N) is 1. The third-order valence-electron chi connectivity index (χ3n) is 2.89. The van der Waals surface area contributed by atoms with Gasteiger partial charge in [0.2, 0.25) is 0 Å². The maximum absolute atomic E-state index is 5.40. The minimum Gasteiger partial charge on any atom is -0.376 e. The predicted molar refractivity (Wildman–Crippen MR) is 71.8 cm³/mol. The van der Waals surface area contributed by atoms with E-state index in [9.17, 15) is 0 Å². The number of benzene rings is 1. The van der Waals surface area contributed by atoms with Crippen molar-refractivity contribution in [1.82, 2.24) is 5.32 Å². The van der Waals surface area contributed by atoms with Crippen LogP contribution in [0.15, 0.2) is 24.3 Å². The van der Waals surface area contributed by atoms with Crippen molar-refractivity contribution in [3.05, 3.63) is 29.8 Å². The minimum absolute atomic E-state index is 0.380. The monoisotopic (exact) mass is 235 g/mol. The Hall–Kier alpha value is -1.29. The van der Waals surface area contributed by atoms with Crippen molar-refractivity contribution >= 4 is 23.0 Å². The van der Waals surface area contributed by atoms with E-state index in [0.29, 0.717) is 5.11 Å². The lowest BCUT2D eigenvalue weighted by molar-refractivity contribution is 0.679. The number of rotatable bonds is 3. The van der Waals surface area contributed by atoms with Crippen LogP contribution in [0, 0.1) is 0 Å². The van der Waals surface area contributed by atoms with E-state index < -0.39 is 0 Å². The number of nitrogens with zero attached hydrogens (tertiary/aromatic N) is 1. The quantitative estimate of drug-likeness (QED) is 0.774. The number of hydrogen-bond acceptors (Lipinski definition) is 2. The van der Waals surface area contributed by atoms with Crippen molar-refractivity contribution in [1.29, 1.82) is 0 Å². The van der Waals surface area contributed by atoms with E-state index in [0.717, 1.165) is 19.6 Å². The van der Waals surface area contributed by atoms with Crippen LogP contribution in [0.1, 0.15) is 12.0 Å². The van der Waals surface area contributed by atoms with Crippen LogP contribution < -0.4 is 16.0 Å². The smallest absolute Gasteiger partial charge is 0.163 e. The Kier molecular flexibility index (Phi) is 3.62. The Morgan fingerprint density at radius 3 is 3.06 bits per heavy atom. The summed E-state index contributed by atoms with van der Waals surface area (Å²) in [5.41, 5.74) is 8.21. The molecule has 0 aromatic heterocycles. The largest absolute Gasteiger partial charge is 0.376 e. The zero-order valence-corrected chi connectivity index (χ0v) is 10.1. The lowest BCUT2D eigenvalue weighted by atomic mass is 10.0. The first kappa shape index (κ1) is 11.2. The molecule has 0 saturated carbocycles. The molecule has 0 bridgehead atoms. The van der Waals surface area contributed by atoms with Gasteiger partial charge in [-0.2, -0.15) is 0 Å². The Balaban J connectivity index is 1.99. The number of para-hydroxylation sites is 1. The van der Waals surface area contributed by atoms with E-state index in [1.165, 1.54) is 24.1 Å². The van der Waals surface area contributed by atoms with E-state index in [4.69, 9.17) is 18.0 Å². The number of nitrogens with two attached hydrogens (primary N) is 1. The fourth-order valence-corrected chi connectivity index (χ4v) is 2.26. The van der Waals surface area contributed by atoms with Crippen molar-refractivity contribution in [3.8, 4) is 0 Å². The van der Waals surface area contributed by atoms with Crippen molar-refractivity contribution in [2.75, 3.05) is 24.5 Å². The Bertz CT molecular complexity index is 378. The number of hydrogen-bond donors (Lipinski definition) is 2. The molecular weight excluding hydrogens is 218 g/mol.